The van der Waals surface area contributed by atoms with Crippen LogP contribution in [-0.2, 0) is 0 Å². The Morgan fingerprint density at radius 2 is 2.42 bits per heavy atom. The van der Waals surface area contributed by atoms with Gasteiger partial charge in [0.2, 0.25) is 0 Å². The van der Waals surface area contributed by atoms with E-state index in [0.717, 1.165) is 14.4 Å². The fourth-order valence-electron chi connectivity index (χ4n) is 0.846. The van der Waals surface area contributed by atoms with Crippen molar-refractivity contribution < 1.29 is 0 Å². The predicted molar refractivity (Wildman–Crippen MR) is 55.3 cm³/mol. The van der Waals surface area contributed by atoms with Gasteiger partial charge in [0.1, 0.15) is 6.33 Å². The van der Waals surface area contributed by atoms with Crippen LogP contribution in [0.25, 0.3) is 5.65 Å². The van der Waals surface area contributed by atoms with E-state index in [0.29, 0.717) is 0 Å². The van der Waals surface area contributed by atoms with Crippen molar-refractivity contribution in [3.05, 3.63) is 16.1 Å². The van der Waals surface area contributed by atoms with E-state index < -0.39 is 0 Å². The second-order valence-corrected chi connectivity index (χ2v) is 4.04. The molecule has 0 aliphatic carbocycles. The Hall–Kier alpha value is -0.370. The smallest absolute Gasteiger partial charge is 0.190 e. The highest BCUT2D eigenvalue weighted by atomic mass is 127. The fraction of sp³-hybridized carbons (Fsp3) is 0.167. The standard InChI is InChI=1S/C6H5IN4S/c1-12-6-8-3-11-5(10-6)4(7)2-9-11/h2-3H,1H3. The van der Waals surface area contributed by atoms with Gasteiger partial charge in [0.05, 0.1) is 9.77 Å². The number of hydrogen-bond donors (Lipinski definition) is 0. The summed E-state index contributed by atoms with van der Waals surface area (Å²) in [4.78, 5) is 8.39. The van der Waals surface area contributed by atoms with Crippen molar-refractivity contribution in [2.75, 3.05) is 6.26 Å². The summed E-state index contributed by atoms with van der Waals surface area (Å²) < 4.78 is 2.71. The van der Waals surface area contributed by atoms with Gasteiger partial charge in [0, 0.05) is 0 Å². The summed E-state index contributed by atoms with van der Waals surface area (Å²) in [5.41, 5.74) is 0.870. The van der Waals surface area contributed by atoms with E-state index in [1.807, 2.05) is 6.26 Å². The van der Waals surface area contributed by atoms with Crippen LogP contribution in [0.2, 0.25) is 0 Å². The van der Waals surface area contributed by atoms with Gasteiger partial charge >= 0.3 is 0 Å². The van der Waals surface area contributed by atoms with Crippen molar-refractivity contribution in [1.82, 2.24) is 19.6 Å². The molecular formula is C6H5IN4S. The van der Waals surface area contributed by atoms with Crippen molar-refractivity contribution >= 4 is 40.0 Å². The van der Waals surface area contributed by atoms with Crippen LogP contribution in [0.4, 0.5) is 0 Å². The molecule has 0 spiro atoms. The monoisotopic (exact) mass is 292 g/mol. The van der Waals surface area contributed by atoms with Gasteiger partial charge in [0.25, 0.3) is 0 Å². The Balaban J connectivity index is 2.71. The lowest BCUT2D eigenvalue weighted by atomic mass is 10.7. The molecule has 0 aliphatic heterocycles. The van der Waals surface area contributed by atoms with E-state index in [2.05, 4.69) is 37.7 Å². The highest BCUT2D eigenvalue weighted by molar-refractivity contribution is 14.1. The number of aromatic nitrogens is 4. The summed E-state index contributed by atoms with van der Waals surface area (Å²) in [6, 6.07) is 0. The molecule has 0 radical (unpaired) electrons. The molecule has 0 aromatic carbocycles. The van der Waals surface area contributed by atoms with Gasteiger partial charge in [-0.3, -0.25) is 0 Å². The molecule has 0 fully saturated rings. The Morgan fingerprint density at radius 1 is 1.58 bits per heavy atom. The zero-order valence-electron chi connectivity index (χ0n) is 6.23. The van der Waals surface area contributed by atoms with Crippen molar-refractivity contribution in [3.8, 4) is 0 Å². The first-order valence-electron chi connectivity index (χ1n) is 3.21. The minimum absolute atomic E-state index is 0.779. The Morgan fingerprint density at radius 3 is 3.17 bits per heavy atom. The van der Waals surface area contributed by atoms with Crippen molar-refractivity contribution in [3.63, 3.8) is 0 Å². The molecule has 0 atom stereocenters. The van der Waals surface area contributed by atoms with Crippen LogP contribution in [0.5, 0.6) is 0 Å². The lowest BCUT2D eigenvalue weighted by molar-refractivity contribution is 0.834. The number of fused-ring (bicyclic) bond motifs is 1. The Kier molecular flexibility index (Phi) is 2.18. The molecule has 2 aromatic rings. The molecule has 2 aromatic heterocycles. The summed E-state index contributed by atoms with van der Waals surface area (Å²) in [6.07, 6.45) is 5.40. The van der Waals surface area contributed by atoms with Crippen LogP contribution in [0.15, 0.2) is 17.7 Å². The van der Waals surface area contributed by atoms with Crippen molar-refractivity contribution in [2.24, 2.45) is 0 Å². The summed E-state index contributed by atoms with van der Waals surface area (Å²) in [7, 11) is 0. The van der Waals surface area contributed by atoms with E-state index in [1.54, 1.807) is 17.0 Å². The first kappa shape index (κ1) is 8.24. The van der Waals surface area contributed by atoms with Crippen molar-refractivity contribution in [1.29, 1.82) is 0 Å². The van der Waals surface area contributed by atoms with Crippen molar-refractivity contribution in [2.45, 2.75) is 5.16 Å². The van der Waals surface area contributed by atoms with Crippen LogP contribution in [0.1, 0.15) is 0 Å². The third-order valence-electron chi connectivity index (χ3n) is 1.39. The highest BCUT2D eigenvalue weighted by Gasteiger charge is 2.03. The number of halogens is 1. The van der Waals surface area contributed by atoms with Crippen LogP contribution in [0, 0.1) is 3.57 Å². The summed E-state index contributed by atoms with van der Waals surface area (Å²) in [5, 5.41) is 4.85. The molecule has 62 valence electrons. The molecule has 2 heterocycles. The lowest BCUT2D eigenvalue weighted by Crippen LogP contribution is -1.94. The number of nitrogens with zero attached hydrogens (tertiary/aromatic N) is 4. The average Bonchev–Trinajstić information content (AvgIpc) is 2.47. The minimum atomic E-state index is 0.779. The minimum Gasteiger partial charge on any atom is -0.211 e. The molecule has 0 unspecified atom stereocenters. The number of rotatable bonds is 1. The second kappa shape index (κ2) is 3.17. The lowest BCUT2D eigenvalue weighted by Gasteiger charge is -1.94. The van der Waals surface area contributed by atoms with Gasteiger partial charge in [-0.1, -0.05) is 11.8 Å². The molecule has 4 nitrogen and oxygen atoms in total. The van der Waals surface area contributed by atoms with E-state index >= 15 is 0 Å². The molecule has 6 heteroatoms. The zero-order valence-corrected chi connectivity index (χ0v) is 9.20. The molecule has 0 bridgehead atoms. The molecule has 0 saturated heterocycles. The predicted octanol–water partition coefficient (Wildman–Crippen LogP) is 1.45. The van der Waals surface area contributed by atoms with Gasteiger partial charge < -0.3 is 0 Å². The van der Waals surface area contributed by atoms with E-state index in [9.17, 15) is 0 Å². The van der Waals surface area contributed by atoms with Crippen LogP contribution < -0.4 is 0 Å². The van der Waals surface area contributed by atoms with Gasteiger partial charge in [-0.2, -0.15) is 5.10 Å². The van der Waals surface area contributed by atoms with Gasteiger partial charge in [-0.25, -0.2) is 14.5 Å². The Bertz CT molecular complexity index is 413. The van der Waals surface area contributed by atoms with Crippen LogP contribution >= 0.6 is 34.4 Å². The van der Waals surface area contributed by atoms with Crippen LogP contribution in [-0.4, -0.2) is 25.8 Å². The molecule has 0 aliphatic rings. The third-order valence-corrected chi connectivity index (χ3v) is 2.71. The van der Waals surface area contributed by atoms with E-state index in [1.165, 1.54) is 11.8 Å². The maximum Gasteiger partial charge on any atom is 0.190 e. The molecular weight excluding hydrogens is 287 g/mol. The topological polar surface area (TPSA) is 43.1 Å². The fourth-order valence-corrected chi connectivity index (χ4v) is 1.67. The first-order valence-corrected chi connectivity index (χ1v) is 5.51. The third kappa shape index (κ3) is 1.28. The van der Waals surface area contributed by atoms with Gasteiger partial charge in [-0.15, -0.1) is 0 Å². The molecule has 12 heavy (non-hydrogen) atoms. The molecule has 2 rings (SSSR count). The number of hydrogen-bond acceptors (Lipinski definition) is 4. The van der Waals surface area contributed by atoms with Gasteiger partial charge in [-0.05, 0) is 28.8 Å². The molecule has 0 saturated carbocycles. The first-order chi connectivity index (χ1) is 5.81. The highest BCUT2D eigenvalue weighted by Crippen LogP contribution is 2.13. The van der Waals surface area contributed by atoms with Crippen LogP contribution in [0.3, 0.4) is 0 Å². The maximum atomic E-state index is 4.30. The molecule has 0 N–H and O–H groups in total. The number of thioether (sulfide) groups is 1. The maximum absolute atomic E-state index is 4.30. The Labute approximate surface area is 86.9 Å². The summed E-state index contributed by atoms with van der Waals surface area (Å²) in [6.45, 7) is 0. The second-order valence-electron chi connectivity index (χ2n) is 2.10. The summed E-state index contributed by atoms with van der Waals surface area (Å²) in [5.74, 6) is 0. The molecule has 0 amide bonds. The van der Waals surface area contributed by atoms with E-state index in [4.69, 9.17) is 0 Å². The average molecular weight is 292 g/mol. The van der Waals surface area contributed by atoms with E-state index in [-0.39, 0.29) is 0 Å². The normalized spacial score (nSPS) is 10.8. The largest absolute Gasteiger partial charge is 0.211 e. The zero-order chi connectivity index (χ0) is 8.55. The summed E-state index contributed by atoms with van der Waals surface area (Å²) >= 11 is 3.73. The SMILES string of the molecule is CSc1ncn2ncc(I)c2n1. The quantitative estimate of drug-likeness (QED) is 0.589. The van der Waals surface area contributed by atoms with Gasteiger partial charge in [0.15, 0.2) is 10.8 Å².